The number of fused-ring (bicyclic) bond motifs is 2. The van der Waals surface area contributed by atoms with Crippen molar-refractivity contribution in [1.82, 2.24) is 23.5 Å². The van der Waals surface area contributed by atoms with Crippen LogP contribution in [0, 0.1) is 0 Å². The first kappa shape index (κ1) is 17.2. The van der Waals surface area contributed by atoms with Gasteiger partial charge in [-0.2, -0.15) is 0 Å². The van der Waals surface area contributed by atoms with Crippen LogP contribution in [0.25, 0.3) is 23.2 Å². The molecule has 8 heteroatoms. The Morgan fingerprint density at radius 3 is 3.04 bits per heavy atom. The van der Waals surface area contributed by atoms with Gasteiger partial charge in [0.25, 0.3) is 0 Å². The van der Waals surface area contributed by atoms with Crippen LogP contribution in [0.5, 0.6) is 0 Å². The predicted octanol–water partition coefficient (Wildman–Crippen LogP) is 2.51. The second-order valence-corrected chi connectivity index (χ2v) is 8.66. The molecule has 0 saturated carbocycles. The number of aromatic nitrogens is 5. The van der Waals surface area contributed by atoms with Gasteiger partial charge in [-0.3, -0.25) is 0 Å². The van der Waals surface area contributed by atoms with E-state index < -0.39 is 0 Å². The maximum atomic E-state index is 12.8. The van der Waals surface area contributed by atoms with Crippen molar-refractivity contribution in [2.75, 3.05) is 5.32 Å². The molecular weight excluding hydrogens is 395 g/mol. The van der Waals surface area contributed by atoms with Gasteiger partial charge in [0.15, 0.2) is 0 Å². The number of aromatic amines is 1. The molecule has 3 heterocycles. The molecular formula is C18H22N6OSe. The number of allylic oxidation sites excluding steroid dienone is 1. The van der Waals surface area contributed by atoms with Crippen LogP contribution >= 0.6 is 0 Å². The van der Waals surface area contributed by atoms with Gasteiger partial charge >= 0.3 is 157 Å². The molecule has 1 aliphatic carbocycles. The summed E-state index contributed by atoms with van der Waals surface area (Å²) in [5.41, 5.74) is 2.22. The summed E-state index contributed by atoms with van der Waals surface area (Å²) in [6, 6.07) is 0.336. The van der Waals surface area contributed by atoms with E-state index in [1.54, 1.807) is 9.89 Å². The quantitative estimate of drug-likeness (QED) is 0.602. The van der Waals surface area contributed by atoms with Crippen molar-refractivity contribution < 1.29 is 0 Å². The summed E-state index contributed by atoms with van der Waals surface area (Å²) in [6.07, 6.45) is 10.8. The number of nitrogens with one attached hydrogen (secondary N) is 2. The minimum absolute atomic E-state index is 0.0115. The summed E-state index contributed by atoms with van der Waals surface area (Å²) in [4.78, 5) is 29.5. The normalized spacial score (nSPS) is 14.5. The van der Waals surface area contributed by atoms with Crippen molar-refractivity contribution in [2.24, 2.45) is 0 Å². The minimum atomic E-state index is -0.0774. The van der Waals surface area contributed by atoms with E-state index in [1.165, 1.54) is 4.44 Å². The third-order valence-electron chi connectivity index (χ3n) is 4.67. The van der Waals surface area contributed by atoms with Gasteiger partial charge in [-0.1, -0.05) is 0 Å². The van der Waals surface area contributed by atoms with Gasteiger partial charge in [-0.15, -0.1) is 0 Å². The molecule has 0 saturated heterocycles. The molecule has 0 bridgehead atoms. The van der Waals surface area contributed by atoms with Crippen LogP contribution in [0.3, 0.4) is 0 Å². The number of aryl methyl sites for hydroxylation is 1. The average molecular weight is 417 g/mol. The van der Waals surface area contributed by atoms with E-state index in [4.69, 9.17) is 4.98 Å². The Morgan fingerprint density at radius 1 is 1.38 bits per heavy atom. The zero-order chi connectivity index (χ0) is 18.1. The third kappa shape index (κ3) is 3.04. The molecule has 0 radical (unpaired) electrons. The van der Waals surface area contributed by atoms with Crippen LogP contribution in [-0.2, 0) is 6.42 Å². The first-order chi connectivity index (χ1) is 12.7. The van der Waals surface area contributed by atoms with E-state index in [0.717, 1.165) is 49.0 Å². The number of nitrogens with zero attached hydrogens (tertiary/aromatic N) is 4. The second-order valence-electron chi connectivity index (χ2n) is 6.48. The fraction of sp³-hybridized carbons (Fsp3) is 0.444. The Labute approximate surface area is 157 Å². The number of rotatable bonds is 6. The van der Waals surface area contributed by atoms with Gasteiger partial charge in [-0.25, -0.2) is 0 Å². The van der Waals surface area contributed by atoms with Crippen LogP contribution in [0.2, 0.25) is 0 Å². The second kappa shape index (κ2) is 7.21. The Balaban J connectivity index is 1.81. The van der Waals surface area contributed by atoms with Gasteiger partial charge in [0.2, 0.25) is 0 Å². The fourth-order valence-electron chi connectivity index (χ4n) is 3.26. The number of anilines is 1. The summed E-state index contributed by atoms with van der Waals surface area (Å²) in [5, 5.41) is 3.52. The number of H-pyrrole nitrogens is 1. The van der Waals surface area contributed by atoms with Crippen LogP contribution in [0.15, 0.2) is 17.2 Å². The molecule has 1 atom stereocenters. The first-order valence-electron chi connectivity index (χ1n) is 9.11. The third-order valence-corrected chi connectivity index (χ3v) is 7.09. The molecule has 3 aromatic rings. The molecule has 0 spiro atoms. The summed E-state index contributed by atoms with van der Waals surface area (Å²) < 4.78 is 2.97. The Hall–Kier alpha value is -2.18. The van der Waals surface area contributed by atoms with Crippen molar-refractivity contribution in [2.45, 2.75) is 52.0 Å². The van der Waals surface area contributed by atoms with Crippen LogP contribution in [-0.4, -0.2) is 44.3 Å². The number of hydrogen-bond acceptors (Lipinski definition) is 5. The van der Waals surface area contributed by atoms with Crippen molar-refractivity contribution >= 4 is 37.8 Å². The van der Waals surface area contributed by atoms with Crippen molar-refractivity contribution in [3.8, 4) is 5.95 Å². The Kier molecular flexibility index (Phi) is 4.78. The van der Waals surface area contributed by atoms with E-state index in [1.807, 2.05) is 6.08 Å². The molecule has 2 N–H and O–H groups in total. The maximum absolute atomic E-state index is 12.8. The standard InChI is InChI=1S/C18H22N6OSe/c1-3-7-11(4-2)21-16-14-15(20-10-19-14)22-18(23-16)24-17(25)12-8-5-6-9-13(12)26-24/h5,8,10-11H,3-4,6-7,9H2,1-2H3,(H2,19,20,21,22,23). The topological polar surface area (TPSA) is 88.5 Å². The molecule has 0 aliphatic heterocycles. The monoisotopic (exact) mass is 418 g/mol. The van der Waals surface area contributed by atoms with Crippen molar-refractivity contribution in [3.63, 3.8) is 0 Å². The van der Waals surface area contributed by atoms with E-state index in [0.29, 0.717) is 17.6 Å². The van der Waals surface area contributed by atoms with E-state index in [-0.39, 0.29) is 20.3 Å². The van der Waals surface area contributed by atoms with E-state index >= 15 is 0 Å². The van der Waals surface area contributed by atoms with Crippen LogP contribution in [0.1, 0.15) is 49.5 Å². The Bertz CT molecular complexity index is 1010. The van der Waals surface area contributed by atoms with Crippen LogP contribution < -0.4 is 10.9 Å². The molecule has 136 valence electrons. The van der Waals surface area contributed by atoms with Gasteiger partial charge in [-0.05, 0) is 0 Å². The molecule has 1 aliphatic rings. The van der Waals surface area contributed by atoms with Crippen molar-refractivity contribution in [1.29, 1.82) is 0 Å². The van der Waals surface area contributed by atoms with E-state index in [2.05, 4.69) is 40.2 Å². The molecule has 0 amide bonds. The SMILES string of the molecule is CCCC(CC)Nc1nc(-n2[se]c3c(c2=O)C=CCC3)nc2nc[nH]c12. The van der Waals surface area contributed by atoms with Gasteiger partial charge in [0.05, 0.1) is 0 Å². The predicted molar refractivity (Wildman–Crippen MR) is 104 cm³/mol. The summed E-state index contributed by atoms with van der Waals surface area (Å²) >= 11 is -0.0774. The average Bonchev–Trinajstić information content (AvgIpc) is 3.26. The zero-order valence-corrected chi connectivity index (χ0v) is 16.7. The van der Waals surface area contributed by atoms with E-state index in [9.17, 15) is 4.79 Å². The van der Waals surface area contributed by atoms with Gasteiger partial charge < -0.3 is 0 Å². The molecule has 1 unspecified atom stereocenters. The molecule has 26 heavy (non-hydrogen) atoms. The van der Waals surface area contributed by atoms with Crippen LogP contribution in [0.4, 0.5) is 5.82 Å². The molecule has 3 aromatic heterocycles. The van der Waals surface area contributed by atoms with Gasteiger partial charge in [0, 0.05) is 0 Å². The Morgan fingerprint density at radius 2 is 2.27 bits per heavy atom. The van der Waals surface area contributed by atoms with Crippen molar-refractivity contribution in [3.05, 3.63) is 32.8 Å². The molecule has 0 fully saturated rings. The summed E-state index contributed by atoms with van der Waals surface area (Å²) in [5.74, 6) is 1.18. The number of imidazole rings is 1. The fourth-order valence-corrected chi connectivity index (χ4v) is 5.41. The first-order valence-corrected chi connectivity index (χ1v) is 10.7. The molecule has 0 aromatic carbocycles. The van der Waals surface area contributed by atoms with Gasteiger partial charge in [0.1, 0.15) is 0 Å². The number of hydrogen-bond donors (Lipinski definition) is 2. The molecule has 7 nitrogen and oxygen atoms in total. The molecule has 4 rings (SSSR count). The zero-order valence-electron chi connectivity index (χ0n) is 15.0. The summed E-state index contributed by atoms with van der Waals surface area (Å²) in [6.45, 7) is 4.34. The summed E-state index contributed by atoms with van der Waals surface area (Å²) in [7, 11) is 0.